The van der Waals surface area contributed by atoms with E-state index in [1.807, 2.05) is 0 Å². The van der Waals surface area contributed by atoms with Crippen LogP contribution in [0, 0.1) is 35.5 Å². The first-order chi connectivity index (χ1) is 10.5. The van der Waals surface area contributed by atoms with Gasteiger partial charge in [-0.1, -0.05) is 26.3 Å². The van der Waals surface area contributed by atoms with Gasteiger partial charge < -0.3 is 4.74 Å². The Bertz CT molecular complexity index is 464. The highest BCUT2D eigenvalue weighted by atomic mass is 16.6. The van der Waals surface area contributed by atoms with Crippen LogP contribution < -0.4 is 0 Å². The van der Waals surface area contributed by atoms with Crippen LogP contribution in [0.15, 0.2) is 12.2 Å². The van der Waals surface area contributed by atoms with E-state index in [2.05, 4.69) is 13.5 Å². The third-order valence-electron chi connectivity index (χ3n) is 7.47. The molecule has 0 saturated heterocycles. The Morgan fingerprint density at radius 2 is 1.64 bits per heavy atom. The third kappa shape index (κ3) is 2.02. The van der Waals surface area contributed by atoms with Crippen LogP contribution in [0.5, 0.6) is 0 Å². The van der Waals surface area contributed by atoms with E-state index in [0.717, 1.165) is 11.8 Å². The molecule has 5 rings (SSSR count). The molecule has 0 radical (unpaired) electrons. The molecule has 0 aromatic carbocycles. The Balaban J connectivity index is 1.72. The number of ether oxygens (including phenoxy) is 1. The molecule has 5 fully saturated rings. The van der Waals surface area contributed by atoms with E-state index in [1.54, 1.807) is 6.92 Å². The van der Waals surface area contributed by atoms with Gasteiger partial charge in [-0.15, -0.1) is 0 Å². The highest BCUT2D eigenvalue weighted by Crippen LogP contribution is 2.64. The van der Waals surface area contributed by atoms with Gasteiger partial charge in [0.25, 0.3) is 0 Å². The molecule has 0 heterocycles. The second kappa shape index (κ2) is 5.11. The lowest BCUT2D eigenvalue weighted by Gasteiger charge is -2.62. The van der Waals surface area contributed by atoms with E-state index in [1.165, 1.54) is 51.4 Å². The molecular formula is C20H30O2. The lowest BCUT2D eigenvalue weighted by molar-refractivity contribution is -0.229. The summed E-state index contributed by atoms with van der Waals surface area (Å²) >= 11 is 0. The van der Waals surface area contributed by atoms with Gasteiger partial charge >= 0.3 is 5.97 Å². The zero-order valence-electron chi connectivity index (χ0n) is 14.1. The summed E-state index contributed by atoms with van der Waals surface area (Å²) in [6.07, 6.45) is 10.5. The molecule has 0 N–H and O–H groups in total. The van der Waals surface area contributed by atoms with Gasteiger partial charge in [0.1, 0.15) is 5.60 Å². The summed E-state index contributed by atoms with van der Waals surface area (Å²) in [5.41, 5.74) is 0.415. The maximum absolute atomic E-state index is 12.5. The van der Waals surface area contributed by atoms with Gasteiger partial charge in [0, 0.05) is 11.5 Å². The standard InChI is InChI=1S/C20H30O2/c1-12(2)19(21)22-20(18-6-4-5-13(18)3)16-8-14-7-15(10-16)11-17(20)9-14/h13-18H,1,4-11H2,2-3H3. The molecule has 5 aliphatic rings. The van der Waals surface area contributed by atoms with Crippen LogP contribution >= 0.6 is 0 Å². The minimum absolute atomic E-state index is 0.133. The van der Waals surface area contributed by atoms with Gasteiger partial charge in [0.15, 0.2) is 0 Å². The van der Waals surface area contributed by atoms with Crippen LogP contribution in [0.1, 0.15) is 65.2 Å². The van der Waals surface area contributed by atoms with E-state index in [-0.39, 0.29) is 11.6 Å². The maximum atomic E-state index is 12.5. The quantitative estimate of drug-likeness (QED) is 0.556. The van der Waals surface area contributed by atoms with Gasteiger partial charge in [-0.25, -0.2) is 4.79 Å². The fourth-order valence-corrected chi connectivity index (χ4v) is 6.83. The Labute approximate surface area is 134 Å². The van der Waals surface area contributed by atoms with Crippen molar-refractivity contribution in [3.05, 3.63) is 12.2 Å². The van der Waals surface area contributed by atoms with Gasteiger partial charge in [0.05, 0.1) is 0 Å². The monoisotopic (exact) mass is 302 g/mol. The molecule has 5 saturated carbocycles. The summed E-state index contributed by atoms with van der Waals surface area (Å²) in [7, 11) is 0. The van der Waals surface area contributed by atoms with Crippen LogP contribution in [-0.4, -0.2) is 11.6 Å². The highest BCUT2D eigenvalue weighted by Gasteiger charge is 2.63. The molecule has 122 valence electrons. The molecule has 4 bridgehead atoms. The zero-order chi connectivity index (χ0) is 15.5. The summed E-state index contributed by atoms with van der Waals surface area (Å²) < 4.78 is 6.39. The lowest BCUT2D eigenvalue weighted by Crippen LogP contribution is -2.63. The maximum Gasteiger partial charge on any atom is 0.333 e. The fourth-order valence-electron chi connectivity index (χ4n) is 6.83. The van der Waals surface area contributed by atoms with Crippen molar-refractivity contribution in [2.45, 2.75) is 70.8 Å². The van der Waals surface area contributed by atoms with Crippen LogP contribution in [-0.2, 0) is 9.53 Å². The van der Waals surface area contributed by atoms with Crippen LogP contribution in [0.3, 0.4) is 0 Å². The average Bonchev–Trinajstić information content (AvgIpc) is 2.88. The van der Waals surface area contributed by atoms with Crippen molar-refractivity contribution in [3.8, 4) is 0 Å². The second-order valence-corrected chi connectivity index (χ2v) is 8.84. The van der Waals surface area contributed by atoms with Crippen molar-refractivity contribution >= 4 is 5.97 Å². The number of esters is 1. The van der Waals surface area contributed by atoms with E-state index >= 15 is 0 Å². The Morgan fingerprint density at radius 1 is 1.05 bits per heavy atom. The Hall–Kier alpha value is -0.790. The number of hydrogen-bond acceptors (Lipinski definition) is 2. The molecule has 0 amide bonds. The van der Waals surface area contributed by atoms with Gasteiger partial charge in [-0.3, -0.25) is 0 Å². The highest BCUT2D eigenvalue weighted by molar-refractivity contribution is 5.87. The minimum Gasteiger partial charge on any atom is -0.455 e. The van der Waals surface area contributed by atoms with Crippen molar-refractivity contribution in [2.24, 2.45) is 35.5 Å². The second-order valence-electron chi connectivity index (χ2n) is 8.84. The van der Waals surface area contributed by atoms with Gasteiger partial charge in [-0.2, -0.15) is 0 Å². The Kier molecular flexibility index (Phi) is 3.43. The molecule has 2 unspecified atom stereocenters. The van der Waals surface area contributed by atoms with Crippen molar-refractivity contribution in [3.63, 3.8) is 0 Å². The predicted octanol–water partition coefficient (Wildman–Crippen LogP) is 4.74. The normalized spacial score (nSPS) is 49.4. The molecule has 2 atom stereocenters. The van der Waals surface area contributed by atoms with E-state index in [9.17, 15) is 4.79 Å². The van der Waals surface area contributed by atoms with E-state index in [0.29, 0.717) is 29.2 Å². The SMILES string of the molecule is C=C(C)C(=O)OC1(C2CCCC2C)C2CC3CC(C2)CC1C3. The van der Waals surface area contributed by atoms with Crippen LogP contribution in [0.4, 0.5) is 0 Å². The summed E-state index contributed by atoms with van der Waals surface area (Å²) in [4.78, 5) is 12.5. The predicted molar refractivity (Wildman–Crippen MR) is 87.2 cm³/mol. The average molecular weight is 302 g/mol. The van der Waals surface area contributed by atoms with E-state index in [4.69, 9.17) is 4.74 Å². The topological polar surface area (TPSA) is 26.3 Å². The number of rotatable bonds is 3. The first-order valence-electron chi connectivity index (χ1n) is 9.39. The molecule has 2 heteroatoms. The molecule has 5 aliphatic carbocycles. The van der Waals surface area contributed by atoms with Gasteiger partial charge in [0.2, 0.25) is 0 Å². The lowest BCUT2D eigenvalue weighted by atomic mass is 9.46. The zero-order valence-corrected chi connectivity index (χ0v) is 14.1. The molecule has 0 aromatic heterocycles. The first kappa shape index (κ1) is 14.8. The van der Waals surface area contributed by atoms with Crippen molar-refractivity contribution in [2.75, 3.05) is 0 Å². The number of carbonyl (C=O) groups excluding carboxylic acids is 1. The van der Waals surface area contributed by atoms with Crippen molar-refractivity contribution < 1.29 is 9.53 Å². The summed E-state index contributed by atoms with van der Waals surface area (Å²) in [5.74, 6) is 4.23. The summed E-state index contributed by atoms with van der Waals surface area (Å²) in [6.45, 7) is 8.02. The summed E-state index contributed by atoms with van der Waals surface area (Å²) in [5, 5.41) is 0. The molecule has 0 aliphatic heterocycles. The molecule has 22 heavy (non-hydrogen) atoms. The number of hydrogen-bond donors (Lipinski definition) is 0. The third-order valence-corrected chi connectivity index (χ3v) is 7.47. The van der Waals surface area contributed by atoms with Crippen molar-refractivity contribution in [1.29, 1.82) is 0 Å². The van der Waals surface area contributed by atoms with Crippen LogP contribution in [0.2, 0.25) is 0 Å². The van der Waals surface area contributed by atoms with Gasteiger partial charge in [-0.05, 0) is 75.0 Å². The Morgan fingerprint density at radius 3 is 2.09 bits per heavy atom. The molecule has 0 aromatic rings. The minimum atomic E-state index is -0.153. The van der Waals surface area contributed by atoms with E-state index < -0.39 is 0 Å². The molecular weight excluding hydrogens is 272 g/mol. The van der Waals surface area contributed by atoms with Crippen LogP contribution in [0.25, 0.3) is 0 Å². The first-order valence-corrected chi connectivity index (χ1v) is 9.39. The smallest absolute Gasteiger partial charge is 0.333 e. The molecule has 2 nitrogen and oxygen atoms in total. The largest absolute Gasteiger partial charge is 0.455 e. The van der Waals surface area contributed by atoms with Crippen molar-refractivity contribution in [1.82, 2.24) is 0 Å². The fraction of sp³-hybridized carbons (Fsp3) is 0.850. The molecule has 0 spiro atoms. The summed E-state index contributed by atoms with van der Waals surface area (Å²) in [6, 6.07) is 0. The number of carbonyl (C=O) groups is 1.